The summed E-state index contributed by atoms with van der Waals surface area (Å²) in [5.41, 5.74) is 7.22. The van der Waals surface area contributed by atoms with Crippen LogP contribution in [0.25, 0.3) is 0 Å². The van der Waals surface area contributed by atoms with Crippen LogP contribution in [0.4, 0.5) is 5.69 Å². The summed E-state index contributed by atoms with van der Waals surface area (Å²) < 4.78 is 0. The number of aliphatic carboxylic acids is 1. The Morgan fingerprint density at radius 2 is 2.12 bits per heavy atom. The molecule has 88 valence electrons. The van der Waals surface area contributed by atoms with Gasteiger partial charge in [0.25, 0.3) is 0 Å². The van der Waals surface area contributed by atoms with E-state index in [0.717, 1.165) is 5.56 Å². The number of anilines is 1. The first-order valence-electron chi connectivity index (χ1n) is 5.22. The van der Waals surface area contributed by atoms with Gasteiger partial charge in [-0.15, -0.1) is 12.6 Å². The molecule has 0 saturated heterocycles. The molecule has 1 atom stereocenters. The second-order valence-electron chi connectivity index (χ2n) is 4.29. The molecule has 0 spiro atoms. The number of rotatable bonds is 4. The Bertz CT molecular complexity index is 391. The van der Waals surface area contributed by atoms with Crippen molar-refractivity contribution in [3.63, 3.8) is 0 Å². The van der Waals surface area contributed by atoms with Crippen LogP contribution >= 0.6 is 12.6 Å². The first kappa shape index (κ1) is 12.9. The van der Waals surface area contributed by atoms with Crippen LogP contribution in [0.1, 0.15) is 19.4 Å². The van der Waals surface area contributed by atoms with Crippen molar-refractivity contribution in [1.29, 1.82) is 0 Å². The van der Waals surface area contributed by atoms with Gasteiger partial charge in [0.2, 0.25) is 0 Å². The van der Waals surface area contributed by atoms with E-state index in [4.69, 9.17) is 10.8 Å². The summed E-state index contributed by atoms with van der Waals surface area (Å²) >= 11 is 4.22. The lowest BCUT2D eigenvalue weighted by Crippen LogP contribution is -2.22. The van der Waals surface area contributed by atoms with Crippen molar-refractivity contribution in [3.8, 4) is 0 Å². The molecule has 3 nitrogen and oxygen atoms in total. The SMILES string of the molecule is CC(C)C(Cc1ccc(N)c(S)c1)C(=O)O. The van der Waals surface area contributed by atoms with E-state index in [9.17, 15) is 4.79 Å². The van der Waals surface area contributed by atoms with Gasteiger partial charge in [-0.25, -0.2) is 0 Å². The molecule has 1 aromatic carbocycles. The molecule has 0 saturated carbocycles. The van der Waals surface area contributed by atoms with E-state index >= 15 is 0 Å². The second kappa shape index (κ2) is 5.25. The van der Waals surface area contributed by atoms with Crippen molar-refractivity contribution in [3.05, 3.63) is 23.8 Å². The smallest absolute Gasteiger partial charge is 0.307 e. The number of nitrogen functional groups attached to an aromatic ring is 1. The van der Waals surface area contributed by atoms with Crippen molar-refractivity contribution >= 4 is 24.3 Å². The molecule has 0 bridgehead atoms. The van der Waals surface area contributed by atoms with Gasteiger partial charge in [-0.1, -0.05) is 19.9 Å². The van der Waals surface area contributed by atoms with Crippen LogP contribution in [0.15, 0.2) is 23.1 Å². The molecule has 0 aliphatic carbocycles. The van der Waals surface area contributed by atoms with Gasteiger partial charge in [0.1, 0.15) is 0 Å². The molecule has 0 fully saturated rings. The molecule has 0 radical (unpaired) electrons. The minimum atomic E-state index is -0.757. The van der Waals surface area contributed by atoms with Crippen molar-refractivity contribution in [2.24, 2.45) is 11.8 Å². The highest BCUT2D eigenvalue weighted by molar-refractivity contribution is 7.80. The topological polar surface area (TPSA) is 63.3 Å². The Balaban J connectivity index is 2.86. The number of benzene rings is 1. The average Bonchev–Trinajstić information content (AvgIpc) is 2.18. The fourth-order valence-corrected chi connectivity index (χ4v) is 1.82. The Morgan fingerprint density at radius 1 is 1.50 bits per heavy atom. The quantitative estimate of drug-likeness (QED) is 0.558. The Hall–Kier alpha value is -1.16. The molecule has 16 heavy (non-hydrogen) atoms. The predicted molar refractivity (Wildman–Crippen MR) is 67.8 cm³/mol. The first-order valence-corrected chi connectivity index (χ1v) is 5.66. The Labute approximate surface area is 101 Å². The summed E-state index contributed by atoms with van der Waals surface area (Å²) in [6.45, 7) is 3.83. The minimum Gasteiger partial charge on any atom is -0.481 e. The molecule has 0 aromatic heterocycles. The monoisotopic (exact) mass is 239 g/mol. The van der Waals surface area contributed by atoms with Gasteiger partial charge < -0.3 is 10.8 Å². The normalized spacial score (nSPS) is 12.8. The van der Waals surface area contributed by atoms with Crippen molar-refractivity contribution in [1.82, 2.24) is 0 Å². The van der Waals surface area contributed by atoms with E-state index in [1.165, 1.54) is 0 Å². The number of hydrogen-bond acceptors (Lipinski definition) is 3. The molecule has 0 amide bonds. The highest BCUT2D eigenvalue weighted by Crippen LogP contribution is 2.22. The maximum Gasteiger partial charge on any atom is 0.307 e. The molecular formula is C12H17NO2S. The lowest BCUT2D eigenvalue weighted by Gasteiger charge is -2.16. The van der Waals surface area contributed by atoms with Crippen molar-refractivity contribution < 1.29 is 9.90 Å². The largest absolute Gasteiger partial charge is 0.481 e. The molecule has 4 heteroatoms. The van der Waals surface area contributed by atoms with Crippen LogP contribution in [-0.2, 0) is 11.2 Å². The second-order valence-corrected chi connectivity index (χ2v) is 4.77. The number of thiol groups is 1. The van der Waals surface area contributed by atoms with Crippen LogP contribution in [0.5, 0.6) is 0 Å². The molecule has 0 aliphatic heterocycles. The van der Waals surface area contributed by atoms with Crippen LogP contribution in [0, 0.1) is 11.8 Å². The fraction of sp³-hybridized carbons (Fsp3) is 0.417. The van der Waals surface area contributed by atoms with E-state index in [1.54, 1.807) is 6.07 Å². The third kappa shape index (κ3) is 3.17. The Kier molecular flexibility index (Phi) is 4.24. The summed E-state index contributed by atoms with van der Waals surface area (Å²) in [6, 6.07) is 5.45. The third-order valence-corrected chi connectivity index (χ3v) is 3.06. The number of hydrogen-bond donors (Lipinski definition) is 3. The molecule has 0 heterocycles. The molecule has 3 N–H and O–H groups in total. The van der Waals surface area contributed by atoms with E-state index in [-0.39, 0.29) is 11.8 Å². The maximum absolute atomic E-state index is 11.1. The van der Waals surface area contributed by atoms with E-state index in [1.807, 2.05) is 26.0 Å². The van der Waals surface area contributed by atoms with Gasteiger partial charge in [0, 0.05) is 10.6 Å². The number of nitrogens with two attached hydrogens (primary N) is 1. The summed E-state index contributed by atoms with van der Waals surface area (Å²) in [5.74, 6) is -1.01. The highest BCUT2D eigenvalue weighted by atomic mass is 32.1. The van der Waals surface area contributed by atoms with E-state index in [2.05, 4.69) is 12.6 Å². The average molecular weight is 239 g/mol. The van der Waals surface area contributed by atoms with Gasteiger partial charge in [0.15, 0.2) is 0 Å². The summed E-state index contributed by atoms with van der Waals surface area (Å²) in [4.78, 5) is 11.8. The zero-order chi connectivity index (χ0) is 12.3. The highest BCUT2D eigenvalue weighted by Gasteiger charge is 2.21. The molecule has 1 unspecified atom stereocenters. The summed E-state index contributed by atoms with van der Waals surface area (Å²) in [7, 11) is 0. The maximum atomic E-state index is 11.1. The summed E-state index contributed by atoms with van der Waals surface area (Å²) in [5, 5.41) is 9.09. The number of carbonyl (C=O) groups is 1. The van der Waals surface area contributed by atoms with Crippen LogP contribution < -0.4 is 5.73 Å². The van der Waals surface area contributed by atoms with Gasteiger partial charge in [-0.3, -0.25) is 4.79 Å². The number of carboxylic acids is 1. The van der Waals surface area contributed by atoms with Gasteiger partial charge in [0.05, 0.1) is 5.92 Å². The van der Waals surface area contributed by atoms with Gasteiger partial charge in [-0.2, -0.15) is 0 Å². The van der Waals surface area contributed by atoms with E-state index in [0.29, 0.717) is 17.0 Å². The third-order valence-electron chi connectivity index (χ3n) is 2.67. The number of carboxylic acid groups (broad SMARTS) is 1. The Morgan fingerprint density at radius 3 is 2.56 bits per heavy atom. The molecular weight excluding hydrogens is 222 g/mol. The lowest BCUT2D eigenvalue weighted by molar-refractivity contribution is -0.143. The molecule has 1 aromatic rings. The zero-order valence-corrected chi connectivity index (χ0v) is 10.4. The fourth-order valence-electron chi connectivity index (χ4n) is 1.58. The lowest BCUT2D eigenvalue weighted by atomic mass is 9.89. The van der Waals surface area contributed by atoms with E-state index < -0.39 is 5.97 Å². The van der Waals surface area contributed by atoms with Crippen LogP contribution in [0.2, 0.25) is 0 Å². The first-order chi connectivity index (χ1) is 7.41. The van der Waals surface area contributed by atoms with Crippen LogP contribution in [-0.4, -0.2) is 11.1 Å². The minimum absolute atomic E-state index is 0.110. The van der Waals surface area contributed by atoms with Crippen molar-refractivity contribution in [2.75, 3.05) is 5.73 Å². The van der Waals surface area contributed by atoms with Gasteiger partial charge in [-0.05, 0) is 30.0 Å². The standard InChI is InChI=1S/C12H17NO2S/c1-7(2)9(12(14)15)5-8-3-4-10(13)11(16)6-8/h3-4,6-7,9,16H,5,13H2,1-2H3,(H,14,15). The van der Waals surface area contributed by atoms with Gasteiger partial charge >= 0.3 is 5.97 Å². The molecule has 1 rings (SSSR count). The molecule has 0 aliphatic rings. The van der Waals surface area contributed by atoms with Crippen LogP contribution in [0.3, 0.4) is 0 Å². The predicted octanol–water partition coefficient (Wildman–Crippen LogP) is 2.46. The van der Waals surface area contributed by atoms with Crippen molar-refractivity contribution in [2.45, 2.75) is 25.2 Å². The summed E-state index contributed by atoms with van der Waals surface area (Å²) in [6.07, 6.45) is 0.515. The zero-order valence-electron chi connectivity index (χ0n) is 9.47.